The number of pyridine rings is 1. The minimum atomic E-state index is -0.187. The van der Waals surface area contributed by atoms with E-state index in [4.69, 9.17) is 5.73 Å². The van der Waals surface area contributed by atoms with Crippen molar-refractivity contribution in [2.75, 3.05) is 23.7 Å². The normalized spacial score (nSPS) is 17.0. The van der Waals surface area contributed by atoms with Crippen LogP contribution in [0.25, 0.3) is 0 Å². The Kier molecular flexibility index (Phi) is 2.43. The molecule has 3 N–H and O–H groups in total. The van der Waals surface area contributed by atoms with E-state index in [-0.39, 0.29) is 5.56 Å². The molecule has 1 aliphatic heterocycles. The molecule has 14 heavy (non-hydrogen) atoms. The maximum Gasteiger partial charge on any atom is 0.273 e. The van der Waals surface area contributed by atoms with Crippen LogP contribution in [0.5, 0.6) is 0 Å². The highest BCUT2D eigenvalue weighted by atomic mass is 16.1. The molecule has 0 bridgehead atoms. The molecule has 0 amide bonds. The molecule has 2 heterocycles. The van der Waals surface area contributed by atoms with Gasteiger partial charge in [-0.25, -0.2) is 0 Å². The summed E-state index contributed by atoms with van der Waals surface area (Å²) in [6, 6.07) is 1.88. The predicted octanol–water partition coefficient (Wildman–Crippen LogP) is 0.947. The van der Waals surface area contributed by atoms with Crippen molar-refractivity contribution in [3.8, 4) is 0 Å². The summed E-state index contributed by atoms with van der Waals surface area (Å²) in [5.41, 5.74) is 6.77. The molecule has 0 atom stereocenters. The molecule has 2 rings (SSSR count). The molecule has 0 radical (unpaired) electrons. The first-order valence-corrected chi connectivity index (χ1v) is 5.01. The number of rotatable bonds is 1. The minimum Gasteiger partial charge on any atom is -0.393 e. The van der Waals surface area contributed by atoms with E-state index >= 15 is 0 Å². The van der Waals surface area contributed by atoms with Crippen molar-refractivity contribution in [2.24, 2.45) is 0 Å². The molecule has 0 unspecified atom stereocenters. The lowest BCUT2D eigenvalue weighted by Crippen LogP contribution is -2.31. The van der Waals surface area contributed by atoms with Gasteiger partial charge in [-0.2, -0.15) is 0 Å². The van der Waals surface area contributed by atoms with Crippen molar-refractivity contribution in [2.45, 2.75) is 19.3 Å². The molecule has 0 saturated carbocycles. The van der Waals surface area contributed by atoms with Crippen LogP contribution in [0, 0.1) is 0 Å². The SMILES string of the molecule is Nc1c(N2CCCCC2)cc[nH]c1=O. The van der Waals surface area contributed by atoms with Gasteiger partial charge in [0.1, 0.15) is 5.69 Å². The summed E-state index contributed by atoms with van der Waals surface area (Å²) in [5.74, 6) is 0. The first kappa shape index (κ1) is 9.12. The van der Waals surface area contributed by atoms with Gasteiger partial charge in [-0.05, 0) is 25.3 Å². The van der Waals surface area contributed by atoms with Gasteiger partial charge in [0.05, 0.1) is 5.69 Å². The number of piperidine rings is 1. The Balaban J connectivity index is 2.30. The van der Waals surface area contributed by atoms with Crippen LogP contribution < -0.4 is 16.2 Å². The smallest absolute Gasteiger partial charge is 0.273 e. The van der Waals surface area contributed by atoms with Gasteiger partial charge in [0.15, 0.2) is 0 Å². The molecular formula is C10H15N3O. The highest BCUT2D eigenvalue weighted by Gasteiger charge is 2.14. The molecule has 1 aromatic heterocycles. The van der Waals surface area contributed by atoms with Gasteiger partial charge in [0.25, 0.3) is 5.56 Å². The van der Waals surface area contributed by atoms with Crippen molar-refractivity contribution < 1.29 is 0 Å². The molecule has 0 spiro atoms. The second kappa shape index (κ2) is 3.74. The number of nitrogens with one attached hydrogen (secondary N) is 1. The Hall–Kier alpha value is -1.45. The van der Waals surface area contributed by atoms with Crippen LogP contribution in [0.15, 0.2) is 17.1 Å². The molecule has 0 aromatic carbocycles. The Morgan fingerprint density at radius 2 is 2.00 bits per heavy atom. The van der Waals surface area contributed by atoms with Crippen LogP contribution in [0.1, 0.15) is 19.3 Å². The lowest BCUT2D eigenvalue weighted by Gasteiger charge is -2.29. The Morgan fingerprint density at radius 3 is 2.71 bits per heavy atom. The molecule has 4 nitrogen and oxygen atoms in total. The molecule has 0 aliphatic carbocycles. The monoisotopic (exact) mass is 193 g/mol. The van der Waals surface area contributed by atoms with Crippen LogP contribution in [-0.4, -0.2) is 18.1 Å². The third-order valence-corrected chi connectivity index (χ3v) is 2.67. The summed E-state index contributed by atoms with van der Waals surface area (Å²) in [6.07, 6.45) is 5.31. The van der Waals surface area contributed by atoms with Crippen molar-refractivity contribution in [1.82, 2.24) is 4.98 Å². The second-order valence-corrected chi connectivity index (χ2v) is 3.65. The lowest BCUT2D eigenvalue weighted by molar-refractivity contribution is 0.578. The largest absolute Gasteiger partial charge is 0.393 e. The third-order valence-electron chi connectivity index (χ3n) is 2.67. The molecule has 1 aliphatic rings. The van der Waals surface area contributed by atoms with Gasteiger partial charge in [-0.15, -0.1) is 0 Å². The quantitative estimate of drug-likeness (QED) is 0.698. The van der Waals surface area contributed by atoms with Gasteiger partial charge in [-0.3, -0.25) is 4.79 Å². The number of nitrogens with zero attached hydrogens (tertiary/aromatic N) is 1. The van der Waals surface area contributed by atoms with E-state index in [1.807, 2.05) is 6.07 Å². The van der Waals surface area contributed by atoms with Crippen LogP contribution in [0.4, 0.5) is 11.4 Å². The minimum absolute atomic E-state index is 0.187. The zero-order valence-electron chi connectivity index (χ0n) is 8.12. The summed E-state index contributed by atoms with van der Waals surface area (Å²) >= 11 is 0. The molecular weight excluding hydrogens is 178 g/mol. The van der Waals surface area contributed by atoms with Gasteiger partial charge in [0, 0.05) is 19.3 Å². The summed E-state index contributed by atoms with van der Waals surface area (Å²) in [5, 5.41) is 0. The van der Waals surface area contributed by atoms with E-state index in [1.165, 1.54) is 19.3 Å². The fourth-order valence-electron chi connectivity index (χ4n) is 1.89. The molecule has 1 fully saturated rings. The van der Waals surface area contributed by atoms with Crippen LogP contribution in [0.3, 0.4) is 0 Å². The maximum absolute atomic E-state index is 11.3. The number of aromatic nitrogens is 1. The summed E-state index contributed by atoms with van der Waals surface area (Å²) in [4.78, 5) is 16.0. The topological polar surface area (TPSA) is 62.1 Å². The third kappa shape index (κ3) is 1.60. The van der Waals surface area contributed by atoms with E-state index in [0.717, 1.165) is 18.8 Å². The van der Waals surface area contributed by atoms with Gasteiger partial charge >= 0.3 is 0 Å². The van der Waals surface area contributed by atoms with Crippen molar-refractivity contribution in [1.29, 1.82) is 0 Å². The van der Waals surface area contributed by atoms with Gasteiger partial charge in [0.2, 0.25) is 0 Å². The van der Waals surface area contributed by atoms with Crippen LogP contribution in [-0.2, 0) is 0 Å². The fourth-order valence-corrected chi connectivity index (χ4v) is 1.89. The number of anilines is 2. The Labute approximate surface area is 82.7 Å². The molecule has 1 saturated heterocycles. The number of hydrogen-bond acceptors (Lipinski definition) is 3. The number of nitrogens with two attached hydrogens (primary N) is 1. The van der Waals surface area contributed by atoms with Gasteiger partial charge < -0.3 is 15.6 Å². The average molecular weight is 193 g/mol. The van der Waals surface area contributed by atoms with E-state index in [2.05, 4.69) is 9.88 Å². The number of H-pyrrole nitrogens is 1. The number of hydrogen-bond donors (Lipinski definition) is 2. The zero-order chi connectivity index (χ0) is 9.97. The fraction of sp³-hybridized carbons (Fsp3) is 0.500. The maximum atomic E-state index is 11.3. The second-order valence-electron chi connectivity index (χ2n) is 3.65. The average Bonchev–Trinajstić information content (AvgIpc) is 2.23. The van der Waals surface area contributed by atoms with Crippen LogP contribution >= 0.6 is 0 Å². The number of aromatic amines is 1. The highest BCUT2D eigenvalue weighted by molar-refractivity contribution is 5.65. The zero-order valence-corrected chi connectivity index (χ0v) is 8.12. The Morgan fingerprint density at radius 1 is 1.29 bits per heavy atom. The first-order chi connectivity index (χ1) is 6.79. The summed E-state index contributed by atoms with van der Waals surface area (Å²) < 4.78 is 0. The lowest BCUT2D eigenvalue weighted by atomic mass is 10.1. The molecule has 4 heteroatoms. The Bertz CT molecular complexity index is 366. The first-order valence-electron chi connectivity index (χ1n) is 5.01. The van der Waals surface area contributed by atoms with Gasteiger partial charge in [-0.1, -0.05) is 0 Å². The number of nitrogen functional groups attached to an aromatic ring is 1. The van der Waals surface area contributed by atoms with Crippen molar-refractivity contribution >= 4 is 11.4 Å². The van der Waals surface area contributed by atoms with Crippen molar-refractivity contribution in [3.05, 3.63) is 22.6 Å². The molecule has 76 valence electrons. The summed E-state index contributed by atoms with van der Waals surface area (Å²) in [7, 11) is 0. The van der Waals surface area contributed by atoms with E-state index in [9.17, 15) is 4.79 Å². The van der Waals surface area contributed by atoms with E-state index < -0.39 is 0 Å². The predicted molar refractivity (Wildman–Crippen MR) is 57.5 cm³/mol. The van der Waals surface area contributed by atoms with E-state index in [0.29, 0.717) is 5.69 Å². The van der Waals surface area contributed by atoms with Crippen molar-refractivity contribution in [3.63, 3.8) is 0 Å². The highest BCUT2D eigenvalue weighted by Crippen LogP contribution is 2.22. The molecule has 1 aromatic rings. The van der Waals surface area contributed by atoms with E-state index in [1.54, 1.807) is 6.20 Å². The van der Waals surface area contributed by atoms with Crippen LogP contribution in [0.2, 0.25) is 0 Å². The summed E-state index contributed by atoms with van der Waals surface area (Å²) in [6.45, 7) is 2.02. The standard InChI is InChI=1S/C10H15N3O/c11-9-8(4-5-12-10(9)14)13-6-2-1-3-7-13/h4-5H,1-3,6-7,11H2,(H,12,14).